The molecule has 0 radical (unpaired) electrons. The van der Waals surface area contributed by atoms with Gasteiger partial charge in [0.15, 0.2) is 0 Å². The number of ether oxygens (including phenoxy) is 2. The number of aromatic nitrogens is 3. The number of imidazole rings is 1. The van der Waals surface area contributed by atoms with E-state index in [9.17, 15) is 14.7 Å². The van der Waals surface area contributed by atoms with Crippen molar-refractivity contribution in [3.63, 3.8) is 0 Å². The number of carboxylic acid groups (broad SMARTS) is 1. The number of nitrogens with zero attached hydrogens (tertiary/aromatic N) is 3. The van der Waals surface area contributed by atoms with Crippen LogP contribution in [0.2, 0.25) is 0 Å². The quantitative estimate of drug-likeness (QED) is 0.496. The predicted octanol–water partition coefficient (Wildman–Crippen LogP) is 3.06. The molecule has 0 aliphatic carbocycles. The molecule has 0 saturated carbocycles. The molecule has 9 heteroatoms. The van der Waals surface area contributed by atoms with Crippen LogP contribution in [0.15, 0.2) is 35.3 Å². The summed E-state index contributed by atoms with van der Waals surface area (Å²) in [6, 6.07) is 7.88. The SMILES string of the molecule is COCCn1c(-c2cc(C)c(=O)n(C)c2)nc2cc(CC[C@@H](COC)C(=O)O)ccc21.Cl. The summed E-state index contributed by atoms with van der Waals surface area (Å²) in [7, 11) is 4.90. The number of pyridine rings is 1. The molecule has 0 fully saturated rings. The lowest BCUT2D eigenvalue weighted by Crippen LogP contribution is -2.19. The second-order valence-corrected chi connectivity index (χ2v) is 7.76. The molecule has 32 heavy (non-hydrogen) atoms. The monoisotopic (exact) mass is 463 g/mol. The van der Waals surface area contributed by atoms with Crippen molar-refractivity contribution in [2.45, 2.75) is 26.3 Å². The average molecular weight is 464 g/mol. The van der Waals surface area contributed by atoms with E-state index in [0.717, 1.165) is 28.0 Å². The third-order valence-corrected chi connectivity index (χ3v) is 5.45. The molecular weight excluding hydrogens is 434 g/mol. The van der Waals surface area contributed by atoms with Crippen LogP contribution in [-0.4, -0.2) is 52.6 Å². The van der Waals surface area contributed by atoms with Crippen LogP contribution in [0.25, 0.3) is 22.4 Å². The second kappa shape index (κ2) is 11.3. The van der Waals surface area contributed by atoms with E-state index >= 15 is 0 Å². The molecule has 1 aromatic carbocycles. The molecule has 2 heterocycles. The number of hydrogen-bond acceptors (Lipinski definition) is 5. The van der Waals surface area contributed by atoms with Gasteiger partial charge < -0.3 is 23.7 Å². The number of hydrogen-bond donors (Lipinski definition) is 1. The number of carbonyl (C=O) groups is 1. The van der Waals surface area contributed by atoms with Crippen molar-refractivity contribution >= 4 is 29.4 Å². The molecule has 8 nitrogen and oxygen atoms in total. The van der Waals surface area contributed by atoms with Gasteiger partial charge in [0.05, 0.1) is 30.2 Å². The molecule has 3 aromatic rings. The van der Waals surface area contributed by atoms with Crippen LogP contribution in [0.5, 0.6) is 0 Å². The highest BCUT2D eigenvalue weighted by atomic mass is 35.5. The van der Waals surface area contributed by atoms with Gasteiger partial charge in [-0.3, -0.25) is 9.59 Å². The molecule has 0 aliphatic heterocycles. The first-order chi connectivity index (χ1) is 14.8. The summed E-state index contributed by atoms with van der Waals surface area (Å²) >= 11 is 0. The Balaban J connectivity index is 0.00000363. The third-order valence-electron chi connectivity index (χ3n) is 5.45. The minimum absolute atomic E-state index is 0. The van der Waals surface area contributed by atoms with E-state index in [1.165, 1.54) is 7.11 Å². The molecule has 0 saturated heterocycles. The summed E-state index contributed by atoms with van der Waals surface area (Å²) in [5.41, 5.74) is 4.30. The summed E-state index contributed by atoms with van der Waals surface area (Å²) in [6.45, 7) is 3.14. The van der Waals surface area contributed by atoms with Crippen molar-refractivity contribution in [2.24, 2.45) is 13.0 Å². The molecular formula is C23H30ClN3O5. The van der Waals surface area contributed by atoms with Gasteiger partial charge in [-0.15, -0.1) is 12.4 Å². The van der Waals surface area contributed by atoms with Crippen molar-refractivity contribution in [2.75, 3.05) is 27.4 Å². The van der Waals surface area contributed by atoms with Gasteiger partial charge in [0.25, 0.3) is 5.56 Å². The number of methoxy groups -OCH3 is 2. The normalized spacial score (nSPS) is 12.0. The van der Waals surface area contributed by atoms with E-state index in [-0.39, 0.29) is 24.6 Å². The Kier molecular flexibility index (Phi) is 9.00. The number of aliphatic carboxylic acids is 1. The second-order valence-electron chi connectivity index (χ2n) is 7.76. The summed E-state index contributed by atoms with van der Waals surface area (Å²) in [5.74, 6) is -0.617. The van der Waals surface area contributed by atoms with Crippen molar-refractivity contribution in [3.05, 3.63) is 51.9 Å². The highest BCUT2D eigenvalue weighted by molar-refractivity contribution is 5.85. The predicted molar refractivity (Wildman–Crippen MR) is 126 cm³/mol. The molecule has 3 rings (SSSR count). The first kappa shape index (κ1) is 25.6. The molecule has 0 bridgehead atoms. The molecule has 1 N–H and O–H groups in total. The van der Waals surface area contributed by atoms with Crippen molar-refractivity contribution in [1.29, 1.82) is 0 Å². The van der Waals surface area contributed by atoms with Crippen LogP contribution in [0.1, 0.15) is 17.5 Å². The minimum Gasteiger partial charge on any atom is -0.481 e. The molecule has 0 aliphatic rings. The molecule has 2 aromatic heterocycles. The topological polar surface area (TPSA) is 95.6 Å². The van der Waals surface area contributed by atoms with E-state index < -0.39 is 11.9 Å². The van der Waals surface area contributed by atoms with Crippen LogP contribution in [0.3, 0.4) is 0 Å². The van der Waals surface area contributed by atoms with Gasteiger partial charge in [0.1, 0.15) is 5.82 Å². The largest absolute Gasteiger partial charge is 0.481 e. The number of benzene rings is 1. The molecule has 0 amide bonds. The van der Waals surface area contributed by atoms with Gasteiger partial charge in [-0.2, -0.15) is 0 Å². The zero-order valence-corrected chi connectivity index (χ0v) is 19.6. The van der Waals surface area contributed by atoms with Crippen molar-refractivity contribution < 1.29 is 19.4 Å². The Morgan fingerprint density at radius 3 is 2.59 bits per heavy atom. The lowest BCUT2D eigenvalue weighted by atomic mass is 10.00. The Morgan fingerprint density at radius 2 is 1.97 bits per heavy atom. The molecule has 174 valence electrons. The first-order valence-corrected chi connectivity index (χ1v) is 10.2. The van der Waals surface area contributed by atoms with Crippen LogP contribution in [0.4, 0.5) is 0 Å². The Hall–Kier alpha value is -2.68. The zero-order chi connectivity index (χ0) is 22.5. The van der Waals surface area contributed by atoms with Gasteiger partial charge in [0, 0.05) is 45.1 Å². The van der Waals surface area contributed by atoms with Crippen molar-refractivity contribution in [3.8, 4) is 11.4 Å². The minimum atomic E-state index is -0.848. The highest BCUT2D eigenvalue weighted by Gasteiger charge is 2.18. The smallest absolute Gasteiger partial charge is 0.308 e. The lowest BCUT2D eigenvalue weighted by molar-refractivity contribution is -0.143. The standard InChI is InChI=1S/C23H29N3O5.ClH/c1-15-11-18(13-25(2)22(15)27)21-24-19-12-16(5-7-17(14-31-4)23(28)29)6-8-20(19)26(21)9-10-30-3;/h6,8,11-13,17H,5,7,9-10,14H2,1-4H3,(H,28,29);1H/t17-;/m0./s1. The van der Waals surface area contributed by atoms with Gasteiger partial charge in [-0.1, -0.05) is 6.07 Å². The maximum absolute atomic E-state index is 12.1. The Morgan fingerprint density at radius 1 is 1.22 bits per heavy atom. The van der Waals surface area contributed by atoms with E-state index in [4.69, 9.17) is 14.5 Å². The number of halogens is 1. The van der Waals surface area contributed by atoms with Gasteiger partial charge in [-0.25, -0.2) is 4.98 Å². The lowest BCUT2D eigenvalue weighted by Gasteiger charge is -2.11. The van der Waals surface area contributed by atoms with Gasteiger partial charge in [-0.05, 0) is 43.5 Å². The third kappa shape index (κ3) is 5.56. The van der Waals surface area contributed by atoms with E-state index in [2.05, 4.69) is 4.57 Å². The number of aryl methyl sites for hydroxylation is 3. The fraction of sp³-hybridized carbons (Fsp3) is 0.435. The number of rotatable bonds is 10. The fourth-order valence-corrected chi connectivity index (χ4v) is 3.78. The highest BCUT2D eigenvalue weighted by Crippen LogP contribution is 2.26. The van der Waals surface area contributed by atoms with Crippen LogP contribution in [-0.2, 0) is 34.3 Å². The fourth-order valence-electron chi connectivity index (χ4n) is 3.78. The van der Waals surface area contributed by atoms with Crippen molar-refractivity contribution in [1.82, 2.24) is 14.1 Å². The van der Waals surface area contributed by atoms with E-state index in [1.54, 1.807) is 31.8 Å². The summed E-state index contributed by atoms with van der Waals surface area (Å²) in [4.78, 5) is 28.3. The van der Waals surface area contributed by atoms with Crippen LogP contribution >= 0.6 is 12.4 Å². The summed E-state index contributed by atoms with van der Waals surface area (Å²) < 4.78 is 14.0. The maximum Gasteiger partial charge on any atom is 0.308 e. The number of fused-ring (bicyclic) bond motifs is 1. The maximum atomic E-state index is 12.1. The van der Waals surface area contributed by atoms with Gasteiger partial charge >= 0.3 is 5.97 Å². The summed E-state index contributed by atoms with van der Waals surface area (Å²) in [5, 5.41) is 9.33. The Bertz CT molecular complexity index is 1110. The molecule has 0 unspecified atom stereocenters. The summed E-state index contributed by atoms with van der Waals surface area (Å²) in [6.07, 6.45) is 2.91. The average Bonchev–Trinajstić information content (AvgIpc) is 3.10. The first-order valence-electron chi connectivity index (χ1n) is 10.2. The molecule has 0 spiro atoms. The van der Waals surface area contributed by atoms with Crippen LogP contribution < -0.4 is 5.56 Å². The van der Waals surface area contributed by atoms with E-state index in [1.807, 2.05) is 24.3 Å². The molecule has 1 atom stereocenters. The van der Waals surface area contributed by atoms with Crippen LogP contribution in [0, 0.1) is 12.8 Å². The van der Waals surface area contributed by atoms with Gasteiger partial charge in [0.2, 0.25) is 0 Å². The Labute approximate surface area is 193 Å². The van der Waals surface area contributed by atoms with E-state index in [0.29, 0.717) is 31.6 Å². The number of carboxylic acids is 1. The zero-order valence-electron chi connectivity index (χ0n) is 18.8.